The molecule has 0 aliphatic carbocycles. The fourth-order valence-corrected chi connectivity index (χ4v) is 3.44. The second kappa shape index (κ2) is 7.23. The molecular weight excluding hydrogens is 345 g/mol. The molecule has 1 aromatic heterocycles. The van der Waals surface area contributed by atoms with Crippen LogP contribution in [0.3, 0.4) is 0 Å². The summed E-state index contributed by atoms with van der Waals surface area (Å²) in [4.78, 5) is 19.1. The molecule has 1 saturated heterocycles. The van der Waals surface area contributed by atoms with Gasteiger partial charge in [-0.2, -0.15) is 0 Å². The maximum Gasteiger partial charge on any atom is 0.274 e. The first-order valence-electron chi connectivity index (χ1n) is 8.95. The predicted octanol–water partition coefficient (Wildman–Crippen LogP) is 4.24. The van der Waals surface area contributed by atoms with Crippen molar-refractivity contribution in [1.82, 2.24) is 4.98 Å². The molecule has 1 aliphatic heterocycles. The Hall–Kier alpha value is -3.15. The van der Waals surface area contributed by atoms with Crippen LogP contribution >= 0.6 is 0 Å². The molecule has 2 heterocycles. The second-order valence-corrected chi connectivity index (χ2v) is 6.58. The minimum atomic E-state index is -0.406. The van der Waals surface area contributed by atoms with Gasteiger partial charge in [0, 0.05) is 29.9 Å². The summed E-state index contributed by atoms with van der Waals surface area (Å²) in [7, 11) is 1.52. The number of methoxy groups -OCH3 is 1. The molecule has 0 unspecified atom stereocenters. The molecule has 138 valence electrons. The van der Waals surface area contributed by atoms with E-state index in [1.54, 1.807) is 12.1 Å². The number of pyridine rings is 1. The van der Waals surface area contributed by atoms with Crippen LogP contribution in [0.1, 0.15) is 23.3 Å². The molecule has 2 aromatic carbocycles. The van der Waals surface area contributed by atoms with E-state index in [4.69, 9.17) is 4.74 Å². The van der Waals surface area contributed by atoms with Gasteiger partial charge in [-0.3, -0.25) is 4.79 Å². The van der Waals surface area contributed by atoms with E-state index < -0.39 is 5.91 Å². The Morgan fingerprint density at radius 1 is 1.15 bits per heavy atom. The van der Waals surface area contributed by atoms with Crippen LogP contribution in [-0.2, 0) is 0 Å². The Morgan fingerprint density at radius 3 is 2.70 bits per heavy atom. The number of halogens is 1. The van der Waals surface area contributed by atoms with Gasteiger partial charge in [-0.05, 0) is 48.6 Å². The van der Waals surface area contributed by atoms with E-state index in [1.165, 1.54) is 19.2 Å². The molecule has 1 fully saturated rings. The number of ether oxygens (including phenoxy) is 1. The first-order valence-corrected chi connectivity index (χ1v) is 8.95. The van der Waals surface area contributed by atoms with Crippen molar-refractivity contribution in [3.8, 4) is 5.88 Å². The molecule has 0 radical (unpaired) electrons. The van der Waals surface area contributed by atoms with Gasteiger partial charge in [-0.1, -0.05) is 18.2 Å². The van der Waals surface area contributed by atoms with E-state index in [-0.39, 0.29) is 11.5 Å². The maximum atomic E-state index is 14.0. The van der Waals surface area contributed by atoms with Gasteiger partial charge in [0.2, 0.25) is 5.88 Å². The van der Waals surface area contributed by atoms with Crippen molar-refractivity contribution in [2.24, 2.45) is 0 Å². The number of nitrogens with one attached hydrogen (secondary N) is 1. The number of aromatic nitrogens is 1. The smallest absolute Gasteiger partial charge is 0.274 e. The lowest BCUT2D eigenvalue weighted by Gasteiger charge is -2.19. The lowest BCUT2D eigenvalue weighted by molar-refractivity contribution is 0.102. The zero-order chi connectivity index (χ0) is 18.8. The number of anilines is 2. The van der Waals surface area contributed by atoms with E-state index in [9.17, 15) is 9.18 Å². The number of benzene rings is 2. The van der Waals surface area contributed by atoms with Crippen LogP contribution in [0.2, 0.25) is 0 Å². The average molecular weight is 365 g/mol. The first-order chi connectivity index (χ1) is 13.1. The topological polar surface area (TPSA) is 54.5 Å². The summed E-state index contributed by atoms with van der Waals surface area (Å²) in [5, 5.41) is 4.44. The monoisotopic (exact) mass is 365 g/mol. The molecule has 3 aromatic rings. The Balaban J connectivity index is 1.63. The molecule has 6 heteroatoms. The molecule has 0 atom stereocenters. The van der Waals surface area contributed by atoms with Crippen LogP contribution in [0, 0.1) is 5.82 Å². The molecule has 1 amide bonds. The lowest BCUT2D eigenvalue weighted by Crippen LogP contribution is -2.19. The number of fused-ring (bicyclic) bond motifs is 1. The molecule has 1 N–H and O–H groups in total. The zero-order valence-electron chi connectivity index (χ0n) is 15.0. The highest BCUT2D eigenvalue weighted by Gasteiger charge is 2.16. The summed E-state index contributed by atoms with van der Waals surface area (Å²) >= 11 is 0. The van der Waals surface area contributed by atoms with Gasteiger partial charge in [-0.25, -0.2) is 9.37 Å². The van der Waals surface area contributed by atoms with Gasteiger partial charge in [0.05, 0.1) is 7.11 Å². The highest BCUT2D eigenvalue weighted by Crippen LogP contribution is 2.27. The highest BCUT2D eigenvalue weighted by atomic mass is 19.1. The molecule has 4 rings (SSSR count). The van der Waals surface area contributed by atoms with Gasteiger partial charge >= 0.3 is 0 Å². The van der Waals surface area contributed by atoms with E-state index >= 15 is 0 Å². The number of nitrogens with zero attached hydrogens (tertiary/aromatic N) is 2. The SMILES string of the molecule is COc1nc(C(=O)Nc2cc(F)cc(N3CCCC3)c2)cc2ccccc12. The lowest BCUT2D eigenvalue weighted by atomic mass is 10.1. The van der Waals surface area contributed by atoms with Gasteiger partial charge in [-0.15, -0.1) is 0 Å². The predicted molar refractivity (Wildman–Crippen MR) is 104 cm³/mol. The summed E-state index contributed by atoms with van der Waals surface area (Å²) in [6.45, 7) is 1.81. The minimum absolute atomic E-state index is 0.220. The Morgan fingerprint density at radius 2 is 1.93 bits per heavy atom. The van der Waals surface area contributed by atoms with Gasteiger partial charge in [0.15, 0.2) is 0 Å². The van der Waals surface area contributed by atoms with Crippen LogP contribution < -0.4 is 15.0 Å². The van der Waals surface area contributed by atoms with E-state index in [2.05, 4.69) is 15.2 Å². The molecule has 5 nitrogen and oxygen atoms in total. The van der Waals surface area contributed by atoms with Crippen molar-refractivity contribution in [2.75, 3.05) is 30.4 Å². The van der Waals surface area contributed by atoms with Crippen molar-refractivity contribution < 1.29 is 13.9 Å². The molecule has 1 aliphatic rings. The Bertz CT molecular complexity index is 1000. The Labute approximate surface area is 156 Å². The van der Waals surface area contributed by atoms with Crippen LogP contribution in [0.4, 0.5) is 15.8 Å². The van der Waals surface area contributed by atoms with Crippen LogP contribution in [0.5, 0.6) is 5.88 Å². The maximum absolute atomic E-state index is 14.0. The number of carbonyl (C=O) groups excluding carboxylic acids is 1. The summed E-state index contributed by atoms with van der Waals surface area (Å²) in [5.74, 6) is -0.397. The fourth-order valence-electron chi connectivity index (χ4n) is 3.44. The normalized spacial score (nSPS) is 13.8. The summed E-state index contributed by atoms with van der Waals surface area (Å²) < 4.78 is 19.4. The van der Waals surface area contributed by atoms with Crippen molar-refractivity contribution >= 4 is 28.1 Å². The zero-order valence-corrected chi connectivity index (χ0v) is 15.0. The van der Waals surface area contributed by atoms with Gasteiger partial charge in [0.1, 0.15) is 11.5 Å². The van der Waals surface area contributed by atoms with E-state index in [0.717, 1.165) is 42.4 Å². The highest BCUT2D eigenvalue weighted by molar-refractivity contribution is 6.05. The number of carbonyl (C=O) groups is 1. The Kier molecular flexibility index (Phi) is 4.62. The van der Waals surface area contributed by atoms with Crippen LogP contribution in [0.25, 0.3) is 10.8 Å². The number of hydrogen-bond acceptors (Lipinski definition) is 4. The van der Waals surface area contributed by atoms with Crippen molar-refractivity contribution in [1.29, 1.82) is 0 Å². The third kappa shape index (κ3) is 3.56. The summed E-state index contributed by atoms with van der Waals surface area (Å²) in [5.41, 5.74) is 1.42. The third-order valence-corrected chi connectivity index (χ3v) is 4.74. The molecule has 0 bridgehead atoms. The molecule has 27 heavy (non-hydrogen) atoms. The van der Waals surface area contributed by atoms with Crippen molar-refractivity contribution in [2.45, 2.75) is 12.8 Å². The van der Waals surface area contributed by atoms with Crippen LogP contribution in [-0.4, -0.2) is 31.1 Å². The largest absolute Gasteiger partial charge is 0.481 e. The third-order valence-electron chi connectivity index (χ3n) is 4.74. The van der Waals surface area contributed by atoms with Gasteiger partial charge in [0.25, 0.3) is 5.91 Å². The molecule has 0 spiro atoms. The van der Waals surface area contributed by atoms with Crippen LogP contribution in [0.15, 0.2) is 48.5 Å². The number of hydrogen-bond donors (Lipinski definition) is 1. The first kappa shape index (κ1) is 17.3. The average Bonchev–Trinajstić information content (AvgIpc) is 3.21. The molecular formula is C21H20FN3O2. The quantitative estimate of drug-likeness (QED) is 0.752. The number of amides is 1. The second-order valence-electron chi connectivity index (χ2n) is 6.58. The van der Waals surface area contributed by atoms with E-state index in [0.29, 0.717) is 11.6 Å². The standard InChI is InChI=1S/C21H20FN3O2/c1-27-21-18-7-3-2-6-14(18)10-19(24-21)20(26)23-16-11-15(22)12-17(13-16)25-8-4-5-9-25/h2-3,6-7,10-13H,4-5,8-9H2,1H3,(H,23,26). The fraction of sp³-hybridized carbons (Fsp3) is 0.238. The van der Waals surface area contributed by atoms with Crippen molar-refractivity contribution in [3.05, 3.63) is 60.0 Å². The van der Waals surface area contributed by atoms with E-state index in [1.807, 2.05) is 24.3 Å². The molecule has 0 saturated carbocycles. The summed E-state index contributed by atoms with van der Waals surface area (Å²) in [6, 6.07) is 13.9. The summed E-state index contributed by atoms with van der Waals surface area (Å²) in [6.07, 6.45) is 2.19. The minimum Gasteiger partial charge on any atom is -0.481 e. The van der Waals surface area contributed by atoms with Gasteiger partial charge < -0.3 is 15.0 Å². The van der Waals surface area contributed by atoms with Crippen molar-refractivity contribution in [3.63, 3.8) is 0 Å². The number of rotatable bonds is 4.